The maximum absolute atomic E-state index is 12.5. The number of carbonyl (C=O) groups is 1. The van der Waals surface area contributed by atoms with Gasteiger partial charge in [0, 0.05) is 42.9 Å². The number of aryl methyl sites for hydroxylation is 1. The Bertz CT molecular complexity index is 923. The van der Waals surface area contributed by atoms with E-state index in [9.17, 15) is 4.79 Å². The third kappa shape index (κ3) is 4.12. The first-order valence-corrected chi connectivity index (χ1v) is 9.51. The van der Waals surface area contributed by atoms with Gasteiger partial charge < -0.3 is 10.2 Å². The number of benzene rings is 3. The van der Waals surface area contributed by atoms with Gasteiger partial charge in [0.1, 0.15) is 0 Å². The summed E-state index contributed by atoms with van der Waals surface area (Å²) < 4.78 is 0. The van der Waals surface area contributed by atoms with Crippen LogP contribution in [0.1, 0.15) is 5.56 Å². The fourth-order valence-corrected chi connectivity index (χ4v) is 3.65. The standard InChI is InChI=1S/C23H25N3O/c1-18-9-11-20(12-10-18)26-15-13-25(14-16-26)17-23(27)24-22-8-4-6-19-5-2-3-7-21(19)22/h2-12H,13-17H2,1H3,(H,24,27). The average molecular weight is 359 g/mol. The molecule has 3 aromatic rings. The molecule has 4 rings (SSSR count). The molecule has 4 nitrogen and oxygen atoms in total. The molecule has 1 heterocycles. The van der Waals surface area contributed by atoms with E-state index in [4.69, 9.17) is 0 Å². The van der Waals surface area contributed by atoms with Crippen LogP contribution in [-0.4, -0.2) is 43.5 Å². The number of piperazine rings is 1. The summed E-state index contributed by atoms with van der Waals surface area (Å²) in [7, 11) is 0. The second kappa shape index (κ2) is 7.80. The fourth-order valence-electron chi connectivity index (χ4n) is 3.65. The largest absolute Gasteiger partial charge is 0.369 e. The van der Waals surface area contributed by atoms with Gasteiger partial charge >= 0.3 is 0 Å². The number of fused-ring (bicyclic) bond motifs is 1. The molecule has 1 fully saturated rings. The lowest BCUT2D eigenvalue weighted by Gasteiger charge is -2.35. The molecular formula is C23H25N3O. The zero-order valence-corrected chi connectivity index (χ0v) is 15.7. The minimum Gasteiger partial charge on any atom is -0.369 e. The highest BCUT2D eigenvalue weighted by Gasteiger charge is 2.19. The highest BCUT2D eigenvalue weighted by atomic mass is 16.2. The van der Waals surface area contributed by atoms with Crippen LogP contribution in [0, 0.1) is 6.92 Å². The SMILES string of the molecule is Cc1ccc(N2CCN(CC(=O)Nc3cccc4ccccc34)CC2)cc1. The number of amides is 1. The zero-order chi connectivity index (χ0) is 18.6. The van der Waals surface area contributed by atoms with E-state index in [1.165, 1.54) is 11.3 Å². The van der Waals surface area contributed by atoms with Crippen molar-refractivity contribution in [1.82, 2.24) is 4.90 Å². The first-order valence-electron chi connectivity index (χ1n) is 9.51. The van der Waals surface area contributed by atoms with E-state index in [1.807, 2.05) is 30.3 Å². The molecule has 4 heteroatoms. The summed E-state index contributed by atoms with van der Waals surface area (Å²) >= 11 is 0. The monoisotopic (exact) mass is 359 g/mol. The Labute approximate surface area is 160 Å². The third-order valence-electron chi connectivity index (χ3n) is 5.20. The van der Waals surface area contributed by atoms with E-state index in [2.05, 4.69) is 58.4 Å². The van der Waals surface area contributed by atoms with E-state index >= 15 is 0 Å². The zero-order valence-electron chi connectivity index (χ0n) is 15.7. The molecule has 1 saturated heterocycles. The van der Waals surface area contributed by atoms with Gasteiger partial charge in [0.2, 0.25) is 5.91 Å². The maximum atomic E-state index is 12.5. The third-order valence-corrected chi connectivity index (χ3v) is 5.20. The Hall–Kier alpha value is -2.85. The molecule has 1 amide bonds. The van der Waals surface area contributed by atoms with Crippen LogP contribution in [0.2, 0.25) is 0 Å². The van der Waals surface area contributed by atoms with Gasteiger partial charge in [-0.3, -0.25) is 9.69 Å². The summed E-state index contributed by atoms with van der Waals surface area (Å²) in [5.41, 5.74) is 3.43. The average Bonchev–Trinajstić information content (AvgIpc) is 2.69. The maximum Gasteiger partial charge on any atom is 0.238 e. The summed E-state index contributed by atoms with van der Waals surface area (Å²) in [6.45, 7) is 6.24. The highest BCUT2D eigenvalue weighted by molar-refractivity contribution is 6.02. The Morgan fingerprint density at radius 1 is 0.889 bits per heavy atom. The molecule has 0 bridgehead atoms. The minimum absolute atomic E-state index is 0.0511. The molecule has 0 aromatic heterocycles. The van der Waals surface area contributed by atoms with Crippen molar-refractivity contribution >= 4 is 28.1 Å². The molecule has 3 aromatic carbocycles. The van der Waals surface area contributed by atoms with E-state index in [0.29, 0.717) is 6.54 Å². The van der Waals surface area contributed by atoms with Crippen molar-refractivity contribution in [3.05, 3.63) is 72.3 Å². The van der Waals surface area contributed by atoms with E-state index in [-0.39, 0.29) is 5.91 Å². The molecule has 0 spiro atoms. The molecular weight excluding hydrogens is 334 g/mol. The van der Waals surface area contributed by atoms with Crippen LogP contribution in [0.15, 0.2) is 66.7 Å². The molecule has 0 atom stereocenters. The summed E-state index contributed by atoms with van der Waals surface area (Å²) in [5, 5.41) is 5.31. The fraction of sp³-hybridized carbons (Fsp3) is 0.261. The predicted molar refractivity (Wildman–Crippen MR) is 112 cm³/mol. The Morgan fingerprint density at radius 2 is 1.59 bits per heavy atom. The smallest absolute Gasteiger partial charge is 0.238 e. The predicted octanol–water partition coefficient (Wildman–Crippen LogP) is 3.91. The quantitative estimate of drug-likeness (QED) is 0.767. The van der Waals surface area contributed by atoms with Crippen molar-refractivity contribution in [1.29, 1.82) is 0 Å². The molecule has 1 N–H and O–H groups in total. The summed E-state index contributed by atoms with van der Waals surface area (Å²) in [6.07, 6.45) is 0. The minimum atomic E-state index is 0.0511. The topological polar surface area (TPSA) is 35.6 Å². The number of carbonyl (C=O) groups excluding carboxylic acids is 1. The molecule has 0 radical (unpaired) electrons. The van der Waals surface area contributed by atoms with Crippen molar-refractivity contribution in [2.45, 2.75) is 6.92 Å². The molecule has 27 heavy (non-hydrogen) atoms. The van der Waals surface area contributed by atoms with Crippen molar-refractivity contribution in [3.63, 3.8) is 0 Å². The second-order valence-electron chi connectivity index (χ2n) is 7.17. The van der Waals surface area contributed by atoms with Gasteiger partial charge in [0.05, 0.1) is 6.54 Å². The lowest BCUT2D eigenvalue weighted by Crippen LogP contribution is -2.48. The second-order valence-corrected chi connectivity index (χ2v) is 7.17. The number of nitrogens with one attached hydrogen (secondary N) is 1. The Morgan fingerprint density at radius 3 is 2.37 bits per heavy atom. The lowest BCUT2D eigenvalue weighted by molar-refractivity contribution is -0.117. The molecule has 1 aliphatic heterocycles. The number of hydrogen-bond acceptors (Lipinski definition) is 3. The van der Waals surface area contributed by atoms with Crippen LogP contribution in [0.5, 0.6) is 0 Å². The van der Waals surface area contributed by atoms with Crippen LogP contribution < -0.4 is 10.2 Å². The highest BCUT2D eigenvalue weighted by Crippen LogP contribution is 2.23. The van der Waals surface area contributed by atoms with Gasteiger partial charge in [-0.25, -0.2) is 0 Å². The van der Waals surface area contributed by atoms with Crippen LogP contribution >= 0.6 is 0 Å². The van der Waals surface area contributed by atoms with Crippen LogP contribution in [-0.2, 0) is 4.79 Å². The van der Waals surface area contributed by atoms with E-state index in [0.717, 1.165) is 42.6 Å². The summed E-state index contributed by atoms with van der Waals surface area (Å²) in [6, 6.07) is 22.8. The van der Waals surface area contributed by atoms with Gasteiger partial charge in [-0.05, 0) is 30.5 Å². The van der Waals surface area contributed by atoms with Gasteiger partial charge in [0.15, 0.2) is 0 Å². The van der Waals surface area contributed by atoms with Crippen LogP contribution in [0.3, 0.4) is 0 Å². The van der Waals surface area contributed by atoms with Crippen molar-refractivity contribution in [3.8, 4) is 0 Å². The summed E-state index contributed by atoms with van der Waals surface area (Å²) in [5.74, 6) is 0.0511. The van der Waals surface area contributed by atoms with E-state index < -0.39 is 0 Å². The number of rotatable bonds is 4. The Balaban J connectivity index is 1.33. The van der Waals surface area contributed by atoms with Gasteiger partial charge in [0.25, 0.3) is 0 Å². The number of hydrogen-bond donors (Lipinski definition) is 1. The molecule has 0 aliphatic carbocycles. The van der Waals surface area contributed by atoms with E-state index in [1.54, 1.807) is 0 Å². The molecule has 0 saturated carbocycles. The molecule has 1 aliphatic rings. The number of anilines is 2. The van der Waals surface area contributed by atoms with Crippen molar-refractivity contribution in [2.24, 2.45) is 0 Å². The Kier molecular flexibility index (Phi) is 5.07. The lowest BCUT2D eigenvalue weighted by atomic mass is 10.1. The normalized spacial score (nSPS) is 15.1. The summed E-state index contributed by atoms with van der Waals surface area (Å²) in [4.78, 5) is 17.2. The van der Waals surface area contributed by atoms with Gasteiger partial charge in [-0.15, -0.1) is 0 Å². The molecule has 0 unspecified atom stereocenters. The first-order chi connectivity index (χ1) is 13.2. The van der Waals surface area contributed by atoms with Crippen molar-refractivity contribution in [2.75, 3.05) is 42.9 Å². The van der Waals surface area contributed by atoms with Crippen LogP contribution in [0.25, 0.3) is 10.8 Å². The van der Waals surface area contributed by atoms with Crippen molar-refractivity contribution < 1.29 is 4.79 Å². The van der Waals surface area contributed by atoms with Crippen LogP contribution in [0.4, 0.5) is 11.4 Å². The first kappa shape index (κ1) is 17.6. The van der Waals surface area contributed by atoms with Gasteiger partial charge in [-0.2, -0.15) is 0 Å². The van der Waals surface area contributed by atoms with Gasteiger partial charge in [-0.1, -0.05) is 54.1 Å². The number of nitrogens with zero attached hydrogens (tertiary/aromatic N) is 2. The molecule has 138 valence electrons.